The van der Waals surface area contributed by atoms with Gasteiger partial charge in [0.2, 0.25) is 0 Å². The topological polar surface area (TPSA) is 34.9 Å². The van der Waals surface area contributed by atoms with Gasteiger partial charge in [-0.1, -0.05) is 30.3 Å². The van der Waals surface area contributed by atoms with Gasteiger partial charge in [-0.15, -0.1) is 11.8 Å². The Kier molecular flexibility index (Phi) is 3.56. The summed E-state index contributed by atoms with van der Waals surface area (Å²) < 4.78 is 1.64. The van der Waals surface area contributed by atoms with E-state index in [1.807, 2.05) is 42.5 Å². The van der Waals surface area contributed by atoms with Gasteiger partial charge < -0.3 is 0 Å². The fourth-order valence-corrected chi connectivity index (χ4v) is 2.96. The zero-order valence-corrected chi connectivity index (χ0v) is 11.9. The predicted octanol–water partition coefficient (Wildman–Crippen LogP) is 3.23. The number of fused-ring (bicyclic) bond motifs is 1. The summed E-state index contributed by atoms with van der Waals surface area (Å²) in [6, 6.07) is 17.6. The van der Waals surface area contributed by atoms with E-state index < -0.39 is 0 Å². The van der Waals surface area contributed by atoms with Gasteiger partial charge in [-0.05, 0) is 24.3 Å². The summed E-state index contributed by atoms with van der Waals surface area (Å²) in [6.45, 7) is 0. The first-order valence-electron chi connectivity index (χ1n) is 6.38. The maximum absolute atomic E-state index is 12.3. The summed E-state index contributed by atoms with van der Waals surface area (Å²) in [4.78, 5) is 18.0. The normalized spacial score (nSPS) is 10.8. The molecule has 0 saturated carbocycles. The molecule has 4 heteroatoms. The second kappa shape index (κ2) is 5.51. The minimum absolute atomic E-state index is 0.0132. The van der Waals surface area contributed by atoms with Gasteiger partial charge >= 0.3 is 0 Å². The predicted molar refractivity (Wildman–Crippen MR) is 83.0 cm³/mol. The van der Waals surface area contributed by atoms with E-state index in [-0.39, 0.29) is 5.56 Å². The molecular weight excluding hydrogens is 268 g/mol. The summed E-state index contributed by atoms with van der Waals surface area (Å²) >= 11 is 1.68. The molecule has 0 amide bonds. The van der Waals surface area contributed by atoms with E-state index in [2.05, 4.69) is 17.1 Å². The second-order valence-corrected chi connectivity index (χ2v) is 5.56. The van der Waals surface area contributed by atoms with Crippen molar-refractivity contribution in [2.45, 2.75) is 10.6 Å². The smallest absolute Gasteiger partial charge is 0.261 e. The van der Waals surface area contributed by atoms with Crippen LogP contribution in [0.5, 0.6) is 0 Å². The van der Waals surface area contributed by atoms with Gasteiger partial charge in [0, 0.05) is 11.9 Å². The van der Waals surface area contributed by atoms with E-state index in [9.17, 15) is 4.79 Å². The Bertz CT molecular complexity index is 796. The van der Waals surface area contributed by atoms with Crippen LogP contribution in [0.15, 0.2) is 64.3 Å². The minimum Gasteiger partial charge on any atom is -0.299 e. The molecule has 3 aromatic rings. The monoisotopic (exact) mass is 282 g/mol. The number of para-hydroxylation sites is 1. The van der Waals surface area contributed by atoms with Crippen molar-refractivity contribution in [2.24, 2.45) is 7.05 Å². The number of nitrogens with zero attached hydrogens (tertiary/aromatic N) is 2. The minimum atomic E-state index is 0.0132. The quantitative estimate of drug-likeness (QED) is 0.692. The van der Waals surface area contributed by atoms with Gasteiger partial charge in [-0.3, -0.25) is 9.36 Å². The molecule has 0 aliphatic heterocycles. The van der Waals surface area contributed by atoms with Crippen molar-refractivity contribution in [1.29, 1.82) is 0 Å². The van der Waals surface area contributed by atoms with E-state index in [1.165, 1.54) is 4.90 Å². The Labute approximate surface area is 121 Å². The molecule has 0 spiro atoms. The molecule has 3 nitrogen and oxygen atoms in total. The molecule has 100 valence electrons. The molecule has 20 heavy (non-hydrogen) atoms. The second-order valence-electron chi connectivity index (χ2n) is 4.51. The van der Waals surface area contributed by atoms with E-state index in [1.54, 1.807) is 23.4 Å². The lowest BCUT2D eigenvalue weighted by Crippen LogP contribution is -2.21. The Morgan fingerprint density at radius 3 is 2.55 bits per heavy atom. The van der Waals surface area contributed by atoms with Crippen LogP contribution in [0, 0.1) is 0 Å². The van der Waals surface area contributed by atoms with Crippen molar-refractivity contribution >= 4 is 22.7 Å². The maximum Gasteiger partial charge on any atom is 0.261 e. The van der Waals surface area contributed by atoms with Crippen LogP contribution in [0.3, 0.4) is 0 Å². The van der Waals surface area contributed by atoms with Crippen LogP contribution in [0.4, 0.5) is 0 Å². The maximum atomic E-state index is 12.3. The van der Waals surface area contributed by atoms with Crippen LogP contribution in [-0.2, 0) is 12.8 Å². The molecule has 0 aliphatic carbocycles. The first kappa shape index (κ1) is 12.9. The van der Waals surface area contributed by atoms with E-state index in [0.29, 0.717) is 11.1 Å². The van der Waals surface area contributed by atoms with Crippen LogP contribution >= 0.6 is 11.8 Å². The van der Waals surface area contributed by atoms with Crippen LogP contribution in [0.2, 0.25) is 0 Å². The first-order valence-corrected chi connectivity index (χ1v) is 7.37. The molecule has 1 heterocycles. The van der Waals surface area contributed by atoms with E-state index in [0.717, 1.165) is 11.3 Å². The largest absolute Gasteiger partial charge is 0.299 e. The molecule has 1 aromatic heterocycles. The molecule has 0 N–H and O–H groups in total. The fourth-order valence-electron chi connectivity index (χ4n) is 2.06. The molecule has 0 atom stereocenters. The highest BCUT2D eigenvalue weighted by atomic mass is 32.2. The van der Waals surface area contributed by atoms with Crippen molar-refractivity contribution in [3.05, 3.63) is 70.8 Å². The zero-order chi connectivity index (χ0) is 13.9. The van der Waals surface area contributed by atoms with Gasteiger partial charge in [0.25, 0.3) is 5.56 Å². The third-order valence-electron chi connectivity index (χ3n) is 3.19. The van der Waals surface area contributed by atoms with Crippen LogP contribution < -0.4 is 5.56 Å². The summed E-state index contributed by atoms with van der Waals surface area (Å²) in [6.07, 6.45) is 0. The van der Waals surface area contributed by atoms with Gasteiger partial charge in [0.1, 0.15) is 5.82 Å². The third kappa shape index (κ3) is 2.47. The lowest BCUT2D eigenvalue weighted by Gasteiger charge is -2.08. The number of hydrogen-bond donors (Lipinski definition) is 0. The van der Waals surface area contributed by atoms with Crippen LogP contribution in [0.25, 0.3) is 10.9 Å². The summed E-state index contributed by atoms with van der Waals surface area (Å²) in [5, 5.41) is 0.670. The fraction of sp³-hybridized carbons (Fsp3) is 0.125. The Balaban J connectivity index is 1.96. The SMILES string of the molecule is Cn1c(CSc2ccccc2)nc2ccccc2c1=O. The molecule has 3 rings (SSSR count). The number of rotatable bonds is 3. The zero-order valence-electron chi connectivity index (χ0n) is 11.1. The standard InChI is InChI=1S/C16H14N2OS/c1-18-15(11-20-12-7-3-2-4-8-12)17-14-10-6-5-9-13(14)16(18)19/h2-10H,11H2,1H3. The van der Waals surface area contributed by atoms with Gasteiger partial charge in [-0.25, -0.2) is 4.98 Å². The summed E-state index contributed by atoms with van der Waals surface area (Å²) in [7, 11) is 1.78. The highest BCUT2D eigenvalue weighted by Gasteiger charge is 2.07. The Morgan fingerprint density at radius 2 is 1.75 bits per heavy atom. The highest BCUT2D eigenvalue weighted by Crippen LogP contribution is 2.21. The third-order valence-corrected chi connectivity index (χ3v) is 4.19. The summed E-state index contributed by atoms with van der Waals surface area (Å²) in [5.41, 5.74) is 0.776. The Morgan fingerprint density at radius 1 is 1.05 bits per heavy atom. The van der Waals surface area contributed by atoms with Gasteiger partial charge in [0.15, 0.2) is 0 Å². The van der Waals surface area contributed by atoms with Crippen molar-refractivity contribution in [2.75, 3.05) is 0 Å². The number of benzene rings is 2. The summed E-state index contributed by atoms with van der Waals surface area (Å²) in [5.74, 6) is 1.48. The molecule has 0 bridgehead atoms. The number of hydrogen-bond acceptors (Lipinski definition) is 3. The molecule has 2 aromatic carbocycles. The highest BCUT2D eigenvalue weighted by molar-refractivity contribution is 7.98. The molecule has 0 fully saturated rings. The van der Waals surface area contributed by atoms with Crippen LogP contribution in [0.1, 0.15) is 5.82 Å². The Hall–Kier alpha value is -2.07. The molecular formula is C16H14N2OS. The lowest BCUT2D eigenvalue weighted by atomic mass is 10.2. The van der Waals surface area contributed by atoms with Crippen molar-refractivity contribution < 1.29 is 0 Å². The average Bonchev–Trinajstić information content (AvgIpc) is 2.50. The van der Waals surface area contributed by atoms with Crippen molar-refractivity contribution in [3.8, 4) is 0 Å². The first-order chi connectivity index (χ1) is 9.75. The van der Waals surface area contributed by atoms with E-state index >= 15 is 0 Å². The molecule has 0 aliphatic rings. The van der Waals surface area contributed by atoms with Crippen LogP contribution in [-0.4, -0.2) is 9.55 Å². The molecule has 0 saturated heterocycles. The van der Waals surface area contributed by atoms with Crippen molar-refractivity contribution in [1.82, 2.24) is 9.55 Å². The van der Waals surface area contributed by atoms with E-state index in [4.69, 9.17) is 0 Å². The van der Waals surface area contributed by atoms with Gasteiger partial charge in [-0.2, -0.15) is 0 Å². The van der Waals surface area contributed by atoms with Gasteiger partial charge in [0.05, 0.1) is 16.7 Å². The number of thioether (sulfide) groups is 1. The lowest BCUT2D eigenvalue weighted by molar-refractivity contribution is 0.785. The average molecular weight is 282 g/mol. The molecule has 0 unspecified atom stereocenters. The number of aromatic nitrogens is 2. The molecule has 0 radical (unpaired) electrons. The van der Waals surface area contributed by atoms with Crippen molar-refractivity contribution in [3.63, 3.8) is 0 Å².